The number of anilines is 1. The molecule has 0 radical (unpaired) electrons. The van der Waals surface area contributed by atoms with E-state index in [4.69, 9.17) is 15.2 Å². The first kappa shape index (κ1) is 20.1. The molecule has 1 heterocycles. The van der Waals surface area contributed by atoms with Crippen LogP contribution >= 0.6 is 0 Å². The van der Waals surface area contributed by atoms with Gasteiger partial charge in [0.25, 0.3) is 0 Å². The van der Waals surface area contributed by atoms with Gasteiger partial charge in [0.2, 0.25) is 18.6 Å². The third kappa shape index (κ3) is 3.38. The van der Waals surface area contributed by atoms with E-state index in [0.717, 1.165) is 46.3 Å². The van der Waals surface area contributed by atoms with E-state index < -0.39 is 11.3 Å². The molecule has 2 aliphatic rings. The van der Waals surface area contributed by atoms with Crippen molar-refractivity contribution in [2.24, 2.45) is 5.73 Å². The predicted octanol–water partition coefficient (Wildman–Crippen LogP) is 4.47. The molecule has 2 amide bonds. The second-order valence-electron chi connectivity index (χ2n) is 8.53. The van der Waals surface area contributed by atoms with Gasteiger partial charge in [0.1, 0.15) is 0 Å². The summed E-state index contributed by atoms with van der Waals surface area (Å²) in [7, 11) is 0. The van der Waals surface area contributed by atoms with E-state index in [1.807, 2.05) is 56.3 Å². The van der Waals surface area contributed by atoms with Gasteiger partial charge in [-0.1, -0.05) is 18.2 Å². The molecule has 162 valence electrons. The molecule has 1 saturated carbocycles. The molecule has 0 atom stereocenters. The number of nitrogens with one attached hydrogen (secondary N) is 1. The molecule has 3 N–H and O–H groups in total. The lowest BCUT2D eigenvalue weighted by Crippen LogP contribution is -2.27. The second kappa shape index (κ2) is 7.41. The zero-order valence-electron chi connectivity index (χ0n) is 18.0. The van der Waals surface area contributed by atoms with Gasteiger partial charge >= 0.3 is 0 Å². The summed E-state index contributed by atoms with van der Waals surface area (Å²) in [4.78, 5) is 24.8. The summed E-state index contributed by atoms with van der Waals surface area (Å²) in [5, 5.41) is 3.11. The van der Waals surface area contributed by atoms with Crippen LogP contribution in [0.1, 0.15) is 39.9 Å². The van der Waals surface area contributed by atoms with Crippen LogP contribution in [0.4, 0.5) is 5.69 Å². The molecule has 1 aliphatic carbocycles. The number of hydrogen-bond donors (Lipinski definition) is 2. The summed E-state index contributed by atoms with van der Waals surface area (Å²) in [6, 6.07) is 17.0. The van der Waals surface area contributed by atoms with E-state index in [2.05, 4.69) is 5.32 Å². The van der Waals surface area contributed by atoms with E-state index >= 15 is 0 Å². The summed E-state index contributed by atoms with van der Waals surface area (Å²) in [5.41, 5.74) is 11.1. The molecule has 5 rings (SSSR count). The molecule has 0 unspecified atom stereocenters. The van der Waals surface area contributed by atoms with Crippen molar-refractivity contribution in [1.29, 1.82) is 0 Å². The highest BCUT2D eigenvalue weighted by Gasteiger charge is 2.51. The Kier molecular flexibility index (Phi) is 4.66. The Hall–Kier alpha value is -3.80. The molecule has 6 nitrogen and oxygen atoms in total. The van der Waals surface area contributed by atoms with Crippen LogP contribution in [0.25, 0.3) is 11.1 Å². The third-order valence-electron chi connectivity index (χ3n) is 6.41. The highest BCUT2D eigenvalue weighted by Crippen LogP contribution is 2.51. The summed E-state index contributed by atoms with van der Waals surface area (Å²) in [5.74, 6) is 0.933. The Balaban J connectivity index is 1.42. The first-order valence-corrected chi connectivity index (χ1v) is 10.6. The maximum absolute atomic E-state index is 13.3. The number of nitrogens with two attached hydrogens (primary N) is 1. The largest absolute Gasteiger partial charge is 0.454 e. The molecule has 0 spiro atoms. The predicted molar refractivity (Wildman–Crippen MR) is 122 cm³/mol. The van der Waals surface area contributed by atoms with Crippen molar-refractivity contribution in [2.45, 2.75) is 32.1 Å². The Labute approximate surface area is 186 Å². The minimum absolute atomic E-state index is 0.0213. The number of hydrogen-bond acceptors (Lipinski definition) is 4. The van der Waals surface area contributed by atoms with E-state index in [9.17, 15) is 9.59 Å². The Bertz CT molecular complexity index is 1260. The number of fused-ring (bicyclic) bond motifs is 1. The molecule has 1 aliphatic heterocycles. The first-order chi connectivity index (χ1) is 15.4. The fourth-order valence-corrected chi connectivity index (χ4v) is 4.33. The van der Waals surface area contributed by atoms with Crippen LogP contribution in [0.15, 0.2) is 54.6 Å². The number of primary amides is 1. The fraction of sp³-hybridized carbons (Fsp3) is 0.231. The molecular weight excluding hydrogens is 404 g/mol. The van der Waals surface area contributed by atoms with Crippen molar-refractivity contribution in [3.63, 3.8) is 0 Å². The van der Waals surface area contributed by atoms with Crippen LogP contribution in [0.5, 0.6) is 11.5 Å². The van der Waals surface area contributed by atoms with Gasteiger partial charge in [-0.25, -0.2) is 0 Å². The average molecular weight is 428 g/mol. The number of carbonyl (C=O) groups is 2. The van der Waals surface area contributed by atoms with Crippen LogP contribution in [0, 0.1) is 13.8 Å². The number of aryl methyl sites for hydroxylation is 2. The van der Waals surface area contributed by atoms with Gasteiger partial charge in [0.15, 0.2) is 11.5 Å². The van der Waals surface area contributed by atoms with Crippen molar-refractivity contribution < 1.29 is 19.1 Å². The maximum Gasteiger partial charge on any atom is 0.248 e. The van der Waals surface area contributed by atoms with E-state index in [0.29, 0.717) is 17.1 Å². The van der Waals surface area contributed by atoms with Gasteiger partial charge in [0.05, 0.1) is 5.41 Å². The minimum Gasteiger partial charge on any atom is -0.454 e. The van der Waals surface area contributed by atoms with Crippen molar-refractivity contribution in [3.05, 3.63) is 76.9 Å². The number of rotatable bonds is 5. The first-order valence-electron chi connectivity index (χ1n) is 10.6. The lowest BCUT2D eigenvalue weighted by molar-refractivity contribution is -0.118. The second-order valence-corrected chi connectivity index (χ2v) is 8.53. The Morgan fingerprint density at radius 1 is 0.875 bits per heavy atom. The molecule has 3 aromatic carbocycles. The number of ether oxygens (including phenoxy) is 2. The zero-order chi connectivity index (χ0) is 22.5. The monoisotopic (exact) mass is 428 g/mol. The molecule has 0 saturated heterocycles. The number of amides is 2. The summed E-state index contributed by atoms with van der Waals surface area (Å²) in [6.07, 6.45) is 1.59. The SMILES string of the molecule is Cc1cc(C(N)=O)ccc1-c1cc(NC(=O)C2(c3ccc4c(c3)OCO4)CC2)ccc1C. The molecular formula is C26H24N2O4. The van der Waals surface area contributed by atoms with Crippen molar-refractivity contribution in [3.8, 4) is 22.6 Å². The van der Waals surface area contributed by atoms with Crippen LogP contribution < -0.4 is 20.5 Å². The maximum atomic E-state index is 13.3. The molecule has 0 bridgehead atoms. The third-order valence-corrected chi connectivity index (χ3v) is 6.41. The topological polar surface area (TPSA) is 90.7 Å². The van der Waals surface area contributed by atoms with Crippen LogP contribution in [0.3, 0.4) is 0 Å². The van der Waals surface area contributed by atoms with Crippen molar-refractivity contribution >= 4 is 17.5 Å². The smallest absolute Gasteiger partial charge is 0.248 e. The average Bonchev–Trinajstić information content (AvgIpc) is 3.46. The van der Waals surface area contributed by atoms with Gasteiger partial charge in [-0.2, -0.15) is 0 Å². The highest BCUT2D eigenvalue weighted by atomic mass is 16.7. The minimum atomic E-state index is -0.537. The number of carbonyl (C=O) groups excluding carboxylic acids is 2. The van der Waals surface area contributed by atoms with Gasteiger partial charge in [0, 0.05) is 11.3 Å². The zero-order valence-corrected chi connectivity index (χ0v) is 18.0. The summed E-state index contributed by atoms with van der Waals surface area (Å²) < 4.78 is 10.9. The van der Waals surface area contributed by atoms with Crippen LogP contribution in [-0.2, 0) is 10.2 Å². The molecule has 6 heteroatoms. The Morgan fingerprint density at radius 2 is 1.66 bits per heavy atom. The molecule has 0 aromatic heterocycles. The van der Waals surface area contributed by atoms with Gasteiger partial charge in [-0.15, -0.1) is 0 Å². The van der Waals surface area contributed by atoms with E-state index in [1.54, 1.807) is 12.1 Å². The van der Waals surface area contributed by atoms with E-state index in [-0.39, 0.29) is 12.7 Å². The lowest BCUT2D eigenvalue weighted by Gasteiger charge is -2.18. The highest BCUT2D eigenvalue weighted by molar-refractivity contribution is 6.02. The van der Waals surface area contributed by atoms with Crippen molar-refractivity contribution in [2.75, 3.05) is 12.1 Å². The van der Waals surface area contributed by atoms with Crippen LogP contribution in [0.2, 0.25) is 0 Å². The summed E-state index contributed by atoms with van der Waals surface area (Å²) >= 11 is 0. The van der Waals surface area contributed by atoms with Gasteiger partial charge < -0.3 is 20.5 Å². The molecule has 3 aromatic rings. The van der Waals surface area contributed by atoms with Gasteiger partial charge in [-0.05, 0) is 90.9 Å². The quantitative estimate of drug-likeness (QED) is 0.627. The normalized spacial score (nSPS) is 15.3. The van der Waals surface area contributed by atoms with Gasteiger partial charge in [-0.3, -0.25) is 9.59 Å². The van der Waals surface area contributed by atoms with Crippen LogP contribution in [-0.4, -0.2) is 18.6 Å². The number of benzene rings is 3. The lowest BCUT2D eigenvalue weighted by atomic mass is 9.93. The molecule has 1 fully saturated rings. The standard InChI is InChI=1S/C26H24N2O4/c1-15-3-6-19(13-21(15)20-7-4-17(24(27)29)11-16(20)2)28-25(30)26(9-10-26)18-5-8-22-23(12-18)32-14-31-22/h3-8,11-13H,9-10,14H2,1-2H3,(H2,27,29)(H,28,30). The molecule has 32 heavy (non-hydrogen) atoms. The Morgan fingerprint density at radius 3 is 2.38 bits per heavy atom. The summed E-state index contributed by atoms with van der Waals surface area (Å²) in [6.45, 7) is 4.19. The van der Waals surface area contributed by atoms with E-state index in [1.165, 1.54) is 0 Å². The van der Waals surface area contributed by atoms with Crippen molar-refractivity contribution in [1.82, 2.24) is 0 Å². The fourth-order valence-electron chi connectivity index (χ4n) is 4.33.